The van der Waals surface area contributed by atoms with Gasteiger partial charge in [0.05, 0.1) is 26.0 Å². The third-order valence-electron chi connectivity index (χ3n) is 3.84. The summed E-state index contributed by atoms with van der Waals surface area (Å²) in [5.74, 6) is 0.985. The number of para-hydroxylation sites is 1. The summed E-state index contributed by atoms with van der Waals surface area (Å²) in [5, 5.41) is 0. The Morgan fingerprint density at radius 1 is 1.08 bits per heavy atom. The zero-order valence-electron chi connectivity index (χ0n) is 13.6. The Morgan fingerprint density at radius 2 is 1.83 bits per heavy atom. The summed E-state index contributed by atoms with van der Waals surface area (Å²) in [6.07, 6.45) is 0. The minimum atomic E-state index is -0.111. The Bertz CT molecular complexity index is 722. The van der Waals surface area contributed by atoms with E-state index in [0.29, 0.717) is 43.5 Å². The number of rotatable bonds is 4. The molecule has 0 aliphatic carbocycles. The molecular weight excluding hydrogens is 304 g/mol. The highest BCUT2D eigenvalue weighted by Gasteiger charge is 2.23. The fourth-order valence-electron chi connectivity index (χ4n) is 2.56. The predicted molar refractivity (Wildman–Crippen MR) is 93.3 cm³/mol. The molecule has 1 fully saturated rings. The van der Waals surface area contributed by atoms with Gasteiger partial charge in [-0.15, -0.1) is 0 Å². The number of ketones is 1. The van der Waals surface area contributed by atoms with Gasteiger partial charge in [-0.3, -0.25) is 4.79 Å². The molecule has 2 aromatic rings. The number of hydrogen-bond acceptors (Lipinski definition) is 4. The molecule has 0 amide bonds. The molecule has 1 saturated heterocycles. The summed E-state index contributed by atoms with van der Waals surface area (Å²) in [5.41, 5.74) is 1.32. The van der Waals surface area contributed by atoms with Gasteiger partial charge in [0.2, 0.25) is 5.78 Å². The molecule has 0 saturated carbocycles. The molecule has 0 N–H and O–H groups in total. The van der Waals surface area contributed by atoms with Crippen LogP contribution in [0.4, 0.5) is 5.69 Å². The van der Waals surface area contributed by atoms with Crippen LogP contribution in [0.1, 0.15) is 10.4 Å². The fraction of sp³-hybridized carbons (Fsp3) is 0.263. The summed E-state index contributed by atoms with van der Waals surface area (Å²) >= 11 is 0. The molecule has 1 heterocycles. The molecule has 5 nitrogen and oxygen atoms in total. The van der Waals surface area contributed by atoms with Crippen molar-refractivity contribution in [3.63, 3.8) is 0 Å². The maximum Gasteiger partial charge on any atom is 0.228 e. The molecule has 0 unspecified atom stereocenters. The normalized spacial score (nSPS) is 15.2. The van der Waals surface area contributed by atoms with Crippen molar-refractivity contribution in [3.8, 4) is 5.75 Å². The van der Waals surface area contributed by atoms with E-state index < -0.39 is 0 Å². The van der Waals surface area contributed by atoms with Gasteiger partial charge in [0, 0.05) is 18.7 Å². The number of morpholine rings is 1. The second-order valence-electron chi connectivity index (χ2n) is 5.43. The van der Waals surface area contributed by atoms with Gasteiger partial charge in [-0.05, 0) is 24.3 Å². The van der Waals surface area contributed by atoms with Crippen LogP contribution in [-0.2, 0) is 4.74 Å². The molecule has 2 aromatic carbocycles. The van der Waals surface area contributed by atoms with Crippen molar-refractivity contribution in [2.45, 2.75) is 0 Å². The molecule has 0 bridgehead atoms. The number of amidine groups is 1. The lowest BCUT2D eigenvalue weighted by molar-refractivity contribution is 0.0659. The van der Waals surface area contributed by atoms with Gasteiger partial charge in [-0.25, -0.2) is 4.99 Å². The van der Waals surface area contributed by atoms with E-state index in [2.05, 4.69) is 4.99 Å². The van der Waals surface area contributed by atoms with E-state index in [1.54, 1.807) is 19.2 Å². The first kappa shape index (κ1) is 16.2. The number of hydrogen-bond donors (Lipinski definition) is 0. The molecule has 0 spiro atoms. The van der Waals surface area contributed by atoms with Crippen LogP contribution >= 0.6 is 0 Å². The van der Waals surface area contributed by atoms with Gasteiger partial charge in [0.1, 0.15) is 5.75 Å². The smallest absolute Gasteiger partial charge is 0.228 e. The molecule has 1 aliphatic rings. The number of methoxy groups -OCH3 is 1. The van der Waals surface area contributed by atoms with Crippen LogP contribution in [0.3, 0.4) is 0 Å². The van der Waals surface area contributed by atoms with Crippen LogP contribution in [0.25, 0.3) is 0 Å². The van der Waals surface area contributed by atoms with E-state index in [4.69, 9.17) is 9.47 Å². The number of Topliss-reactive ketones (excluding diaryl/α,β-unsaturated/α-hetero) is 1. The van der Waals surface area contributed by atoms with Crippen molar-refractivity contribution >= 4 is 17.3 Å². The van der Waals surface area contributed by atoms with E-state index in [9.17, 15) is 4.79 Å². The van der Waals surface area contributed by atoms with Crippen molar-refractivity contribution in [2.75, 3.05) is 33.4 Å². The number of ether oxygens (including phenoxy) is 2. The van der Waals surface area contributed by atoms with Crippen LogP contribution < -0.4 is 4.74 Å². The SMILES string of the molecule is COc1cccc(C(=O)C(=Nc2ccccc2)N2CCOCC2)c1. The third-order valence-corrected chi connectivity index (χ3v) is 3.84. The zero-order chi connectivity index (χ0) is 16.8. The van der Waals surface area contributed by atoms with Crippen LogP contribution in [0, 0.1) is 0 Å². The van der Waals surface area contributed by atoms with Crippen molar-refractivity contribution < 1.29 is 14.3 Å². The topological polar surface area (TPSA) is 51.1 Å². The Kier molecular flexibility index (Phi) is 5.23. The highest BCUT2D eigenvalue weighted by molar-refractivity contribution is 6.45. The number of carbonyl (C=O) groups is 1. The maximum atomic E-state index is 13.0. The van der Waals surface area contributed by atoms with E-state index in [1.807, 2.05) is 47.4 Å². The van der Waals surface area contributed by atoms with Crippen LogP contribution in [0.5, 0.6) is 5.75 Å². The van der Waals surface area contributed by atoms with Gasteiger partial charge in [-0.2, -0.15) is 0 Å². The second kappa shape index (κ2) is 7.75. The molecule has 5 heteroatoms. The van der Waals surface area contributed by atoms with Crippen LogP contribution in [0.2, 0.25) is 0 Å². The van der Waals surface area contributed by atoms with E-state index in [0.717, 1.165) is 5.69 Å². The Labute approximate surface area is 141 Å². The third kappa shape index (κ3) is 3.81. The van der Waals surface area contributed by atoms with Gasteiger partial charge < -0.3 is 14.4 Å². The first-order valence-electron chi connectivity index (χ1n) is 7.93. The zero-order valence-corrected chi connectivity index (χ0v) is 13.6. The maximum absolute atomic E-state index is 13.0. The van der Waals surface area contributed by atoms with E-state index in [-0.39, 0.29) is 5.78 Å². The van der Waals surface area contributed by atoms with Gasteiger partial charge in [0.15, 0.2) is 5.84 Å². The fourth-order valence-corrected chi connectivity index (χ4v) is 2.56. The standard InChI is InChI=1S/C19H20N2O3/c1-23-17-9-5-6-15(14-17)18(22)19(21-10-12-24-13-11-21)20-16-7-3-2-4-8-16/h2-9,14H,10-13H2,1H3. The average Bonchev–Trinajstić information content (AvgIpc) is 2.67. The summed E-state index contributed by atoms with van der Waals surface area (Å²) in [6.45, 7) is 2.50. The lowest BCUT2D eigenvalue weighted by atomic mass is 10.1. The highest BCUT2D eigenvalue weighted by atomic mass is 16.5. The predicted octanol–water partition coefficient (Wildman–Crippen LogP) is 2.94. The first-order chi connectivity index (χ1) is 11.8. The van der Waals surface area contributed by atoms with Crippen molar-refractivity contribution in [1.82, 2.24) is 4.90 Å². The lowest BCUT2D eigenvalue weighted by Crippen LogP contribution is -2.44. The van der Waals surface area contributed by atoms with Crippen molar-refractivity contribution in [3.05, 3.63) is 60.2 Å². The van der Waals surface area contributed by atoms with Gasteiger partial charge in [-0.1, -0.05) is 30.3 Å². The Hall–Kier alpha value is -2.66. The number of carbonyl (C=O) groups excluding carboxylic acids is 1. The molecule has 24 heavy (non-hydrogen) atoms. The summed E-state index contributed by atoms with van der Waals surface area (Å²) < 4.78 is 10.6. The first-order valence-corrected chi connectivity index (χ1v) is 7.93. The average molecular weight is 324 g/mol. The quantitative estimate of drug-likeness (QED) is 0.493. The van der Waals surface area contributed by atoms with Gasteiger partial charge >= 0.3 is 0 Å². The highest BCUT2D eigenvalue weighted by Crippen LogP contribution is 2.18. The molecule has 0 atom stereocenters. The van der Waals surface area contributed by atoms with Crippen LogP contribution in [-0.4, -0.2) is 49.9 Å². The summed E-state index contributed by atoms with van der Waals surface area (Å²) in [6, 6.07) is 16.7. The number of nitrogens with zero attached hydrogens (tertiary/aromatic N) is 2. The Balaban J connectivity index is 1.96. The number of aliphatic imine (C=N–C) groups is 1. The number of benzene rings is 2. The van der Waals surface area contributed by atoms with E-state index >= 15 is 0 Å². The molecule has 3 rings (SSSR count). The second-order valence-corrected chi connectivity index (χ2v) is 5.43. The minimum Gasteiger partial charge on any atom is -0.497 e. The van der Waals surface area contributed by atoms with Crippen LogP contribution in [0.15, 0.2) is 59.6 Å². The molecular formula is C19H20N2O3. The molecule has 1 aliphatic heterocycles. The molecule has 0 radical (unpaired) electrons. The monoisotopic (exact) mass is 324 g/mol. The minimum absolute atomic E-state index is 0.111. The molecule has 0 aromatic heterocycles. The molecule has 124 valence electrons. The summed E-state index contributed by atoms with van der Waals surface area (Å²) in [7, 11) is 1.59. The van der Waals surface area contributed by atoms with Crippen molar-refractivity contribution in [2.24, 2.45) is 4.99 Å². The van der Waals surface area contributed by atoms with Crippen molar-refractivity contribution in [1.29, 1.82) is 0 Å². The summed E-state index contributed by atoms with van der Waals surface area (Å²) in [4.78, 5) is 19.6. The Morgan fingerprint density at radius 3 is 2.54 bits per heavy atom. The largest absolute Gasteiger partial charge is 0.497 e. The lowest BCUT2D eigenvalue weighted by Gasteiger charge is -2.29. The van der Waals surface area contributed by atoms with Gasteiger partial charge in [0.25, 0.3) is 0 Å². The van der Waals surface area contributed by atoms with E-state index in [1.165, 1.54) is 0 Å².